The van der Waals surface area contributed by atoms with Gasteiger partial charge in [0.15, 0.2) is 0 Å². The lowest BCUT2D eigenvalue weighted by Gasteiger charge is -2.24. The third kappa shape index (κ3) is 1.84. The smallest absolute Gasteiger partial charge is 0.139 e. The zero-order chi connectivity index (χ0) is 11.8. The molecule has 0 saturated carbocycles. The van der Waals surface area contributed by atoms with Crippen LogP contribution in [-0.2, 0) is 7.05 Å². The molecule has 3 heteroatoms. The summed E-state index contributed by atoms with van der Waals surface area (Å²) in [6.07, 6.45) is 4.64. The number of nitrogens with one attached hydrogen (secondary N) is 1. The van der Waals surface area contributed by atoms with E-state index in [0.29, 0.717) is 5.92 Å². The highest BCUT2D eigenvalue weighted by Crippen LogP contribution is 2.28. The quantitative estimate of drug-likeness (QED) is 0.813. The lowest BCUT2D eigenvalue weighted by atomic mass is 9.90. The van der Waals surface area contributed by atoms with E-state index < -0.39 is 0 Å². The lowest BCUT2D eigenvalue weighted by molar-refractivity contribution is 0.460. The maximum atomic E-state index is 4.75. The van der Waals surface area contributed by atoms with E-state index >= 15 is 0 Å². The van der Waals surface area contributed by atoms with E-state index in [4.69, 9.17) is 4.98 Å². The van der Waals surface area contributed by atoms with Crippen LogP contribution in [0.4, 0.5) is 0 Å². The molecule has 3 heterocycles. The van der Waals surface area contributed by atoms with E-state index in [-0.39, 0.29) is 0 Å². The molecule has 1 fully saturated rings. The standard InChI is InChI=1S/C14H19N3/c1-10-13(12-4-3-6-15-9-12)8-11-5-7-17(2)14(11)16-10/h5,7-8,12,15H,3-4,6,9H2,1-2H3. The molecule has 1 unspecified atom stereocenters. The Bertz CT molecular complexity index is 536. The van der Waals surface area contributed by atoms with E-state index in [1.165, 1.54) is 29.5 Å². The minimum atomic E-state index is 0.640. The van der Waals surface area contributed by atoms with Crippen molar-refractivity contribution >= 4 is 11.0 Å². The maximum Gasteiger partial charge on any atom is 0.139 e. The van der Waals surface area contributed by atoms with Gasteiger partial charge in [0.2, 0.25) is 0 Å². The summed E-state index contributed by atoms with van der Waals surface area (Å²) in [5.41, 5.74) is 3.71. The van der Waals surface area contributed by atoms with Crippen LogP contribution in [0.5, 0.6) is 0 Å². The molecular weight excluding hydrogens is 210 g/mol. The van der Waals surface area contributed by atoms with Gasteiger partial charge in [-0.05, 0) is 49.9 Å². The molecule has 1 N–H and O–H groups in total. The Morgan fingerprint density at radius 1 is 1.47 bits per heavy atom. The van der Waals surface area contributed by atoms with Gasteiger partial charge in [-0.15, -0.1) is 0 Å². The van der Waals surface area contributed by atoms with E-state index in [2.05, 4.69) is 42.2 Å². The molecule has 0 aromatic carbocycles. The number of hydrogen-bond donors (Lipinski definition) is 1. The van der Waals surface area contributed by atoms with E-state index in [9.17, 15) is 0 Å². The van der Waals surface area contributed by atoms with Crippen LogP contribution in [0.1, 0.15) is 30.0 Å². The molecule has 0 amide bonds. The number of pyridine rings is 1. The highest BCUT2D eigenvalue weighted by Gasteiger charge is 2.18. The highest BCUT2D eigenvalue weighted by molar-refractivity contribution is 5.77. The molecule has 0 aliphatic carbocycles. The van der Waals surface area contributed by atoms with Gasteiger partial charge >= 0.3 is 0 Å². The molecule has 3 nitrogen and oxygen atoms in total. The number of piperidine rings is 1. The normalized spacial score (nSPS) is 20.9. The Hall–Kier alpha value is -1.35. The van der Waals surface area contributed by atoms with Crippen molar-refractivity contribution in [2.45, 2.75) is 25.7 Å². The summed E-state index contributed by atoms with van der Waals surface area (Å²) in [6, 6.07) is 4.48. The fourth-order valence-corrected chi connectivity index (χ4v) is 2.82. The summed E-state index contributed by atoms with van der Waals surface area (Å²) in [4.78, 5) is 4.75. The van der Waals surface area contributed by atoms with E-state index in [0.717, 1.165) is 18.7 Å². The zero-order valence-corrected chi connectivity index (χ0v) is 10.5. The SMILES string of the molecule is Cc1nc2c(ccn2C)cc1C1CCCNC1. The summed E-state index contributed by atoms with van der Waals surface area (Å²) in [6.45, 7) is 4.40. The molecular formula is C14H19N3. The largest absolute Gasteiger partial charge is 0.336 e. The average molecular weight is 229 g/mol. The first-order valence-corrected chi connectivity index (χ1v) is 6.39. The predicted molar refractivity (Wildman–Crippen MR) is 70.3 cm³/mol. The van der Waals surface area contributed by atoms with E-state index in [1.807, 2.05) is 0 Å². The van der Waals surface area contributed by atoms with Crippen LogP contribution in [0.15, 0.2) is 18.3 Å². The summed E-state index contributed by atoms with van der Waals surface area (Å²) in [7, 11) is 2.05. The predicted octanol–water partition coefficient (Wildman–Crippen LogP) is 2.35. The van der Waals surface area contributed by atoms with Gasteiger partial charge in [0.25, 0.3) is 0 Å². The Morgan fingerprint density at radius 2 is 2.35 bits per heavy atom. The van der Waals surface area contributed by atoms with Gasteiger partial charge in [-0.1, -0.05) is 0 Å². The number of fused-ring (bicyclic) bond motifs is 1. The minimum Gasteiger partial charge on any atom is -0.336 e. The Labute approximate surface area is 102 Å². The van der Waals surface area contributed by atoms with Crippen molar-refractivity contribution in [3.05, 3.63) is 29.6 Å². The topological polar surface area (TPSA) is 29.9 Å². The molecule has 1 saturated heterocycles. The Kier molecular flexibility index (Phi) is 2.63. The number of nitrogens with zero attached hydrogens (tertiary/aromatic N) is 2. The van der Waals surface area contributed by atoms with Crippen molar-refractivity contribution in [1.82, 2.24) is 14.9 Å². The highest BCUT2D eigenvalue weighted by atomic mass is 15.0. The average Bonchev–Trinajstić information content (AvgIpc) is 2.71. The van der Waals surface area contributed by atoms with Gasteiger partial charge < -0.3 is 9.88 Å². The monoisotopic (exact) mass is 229 g/mol. The summed E-state index contributed by atoms with van der Waals surface area (Å²) >= 11 is 0. The first kappa shape index (κ1) is 10.8. The van der Waals surface area contributed by atoms with Crippen LogP contribution in [-0.4, -0.2) is 22.6 Å². The first-order valence-electron chi connectivity index (χ1n) is 6.39. The van der Waals surface area contributed by atoms with Gasteiger partial charge in [0.1, 0.15) is 5.65 Å². The molecule has 0 radical (unpaired) electrons. The second-order valence-corrected chi connectivity index (χ2v) is 5.05. The fraction of sp³-hybridized carbons (Fsp3) is 0.500. The lowest BCUT2D eigenvalue weighted by Crippen LogP contribution is -2.28. The van der Waals surface area contributed by atoms with Gasteiger partial charge in [0, 0.05) is 30.9 Å². The van der Waals surface area contributed by atoms with Gasteiger partial charge in [-0.2, -0.15) is 0 Å². The molecule has 2 aromatic heterocycles. The van der Waals surface area contributed by atoms with Crippen molar-refractivity contribution < 1.29 is 0 Å². The molecule has 2 aromatic rings. The van der Waals surface area contributed by atoms with Crippen molar-refractivity contribution in [2.75, 3.05) is 13.1 Å². The number of hydrogen-bond acceptors (Lipinski definition) is 2. The van der Waals surface area contributed by atoms with Crippen molar-refractivity contribution in [2.24, 2.45) is 7.05 Å². The molecule has 1 atom stereocenters. The van der Waals surface area contributed by atoms with Crippen LogP contribution in [0.25, 0.3) is 11.0 Å². The fourth-order valence-electron chi connectivity index (χ4n) is 2.82. The second-order valence-electron chi connectivity index (χ2n) is 5.05. The minimum absolute atomic E-state index is 0.640. The number of rotatable bonds is 1. The molecule has 1 aliphatic heterocycles. The Morgan fingerprint density at radius 3 is 3.12 bits per heavy atom. The molecule has 17 heavy (non-hydrogen) atoms. The molecule has 0 bridgehead atoms. The maximum absolute atomic E-state index is 4.75. The second kappa shape index (κ2) is 4.15. The number of aryl methyl sites for hydroxylation is 2. The molecule has 1 aliphatic rings. The molecule has 3 rings (SSSR count). The third-order valence-electron chi connectivity index (χ3n) is 3.81. The summed E-state index contributed by atoms with van der Waals surface area (Å²) in [5, 5.41) is 4.74. The summed E-state index contributed by atoms with van der Waals surface area (Å²) < 4.78 is 2.09. The van der Waals surface area contributed by atoms with Crippen LogP contribution < -0.4 is 5.32 Å². The van der Waals surface area contributed by atoms with Crippen LogP contribution in [0.2, 0.25) is 0 Å². The van der Waals surface area contributed by atoms with Gasteiger partial charge in [-0.25, -0.2) is 4.98 Å². The summed E-state index contributed by atoms with van der Waals surface area (Å²) in [5.74, 6) is 0.640. The van der Waals surface area contributed by atoms with Crippen molar-refractivity contribution in [1.29, 1.82) is 0 Å². The van der Waals surface area contributed by atoms with Gasteiger partial charge in [-0.3, -0.25) is 0 Å². The first-order chi connectivity index (χ1) is 8.25. The Balaban J connectivity index is 2.06. The number of aromatic nitrogens is 2. The van der Waals surface area contributed by atoms with E-state index in [1.54, 1.807) is 0 Å². The van der Waals surface area contributed by atoms with Crippen LogP contribution >= 0.6 is 0 Å². The van der Waals surface area contributed by atoms with Gasteiger partial charge in [0.05, 0.1) is 0 Å². The van der Waals surface area contributed by atoms with Crippen LogP contribution in [0, 0.1) is 6.92 Å². The molecule has 0 spiro atoms. The van der Waals surface area contributed by atoms with Crippen molar-refractivity contribution in [3.63, 3.8) is 0 Å². The zero-order valence-electron chi connectivity index (χ0n) is 10.5. The third-order valence-corrected chi connectivity index (χ3v) is 3.81. The van der Waals surface area contributed by atoms with Crippen LogP contribution in [0.3, 0.4) is 0 Å². The molecule has 90 valence electrons. The van der Waals surface area contributed by atoms with Crippen molar-refractivity contribution in [3.8, 4) is 0 Å².